The first-order valence-corrected chi connectivity index (χ1v) is 9.68. The SMILES string of the molecule is COc1ccc2[nH]cc(CCN3C(=O)O[C@@](C)(CCC=C(C)C)[C@]3(C)O)c2c1. The van der Waals surface area contributed by atoms with E-state index in [2.05, 4.69) is 11.1 Å². The number of ether oxygens (including phenoxy) is 2. The fourth-order valence-corrected chi connectivity index (χ4v) is 3.76. The van der Waals surface area contributed by atoms with Crippen LogP contribution >= 0.6 is 0 Å². The van der Waals surface area contributed by atoms with Crippen LogP contribution in [0.5, 0.6) is 5.75 Å². The van der Waals surface area contributed by atoms with Crippen LogP contribution in [0, 0.1) is 0 Å². The van der Waals surface area contributed by atoms with Crippen molar-refractivity contribution in [3.63, 3.8) is 0 Å². The summed E-state index contributed by atoms with van der Waals surface area (Å²) >= 11 is 0. The quantitative estimate of drug-likeness (QED) is 0.692. The van der Waals surface area contributed by atoms with Crippen LogP contribution in [0.2, 0.25) is 0 Å². The van der Waals surface area contributed by atoms with E-state index in [0.29, 0.717) is 19.4 Å². The number of hydrogen-bond acceptors (Lipinski definition) is 4. The van der Waals surface area contributed by atoms with Gasteiger partial charge in [-0.05, 0) is 70.7 Å². The van der Waals surface area contributed by atoms with E-state index >= 15 is 0 Å². The second kappa shape index (κ2) is 7.51. The van der Waals surface area contributed by atoms with Gasteiger partial charge in [-0.2, -0.15) is 0 Å². The maximum atomic E-state index is 12.5. The second-order valence-electron chi connectivity index (χ2n) is 8.07. The van der Waals surface area contributed by atoms with Crippen LogP contribution in [-0.2, 0) is 11.2 Å². The molecule has 2 atom stereocenters. The molecule has 2 aromatic rings. The third kappa shape index (κ3) is 3.61. The number of aromatic amines is 1. The third-order valence-corrected chi connectivity index (χ3v) is 5.81. The van der Waals surface area contributed by atoms with Crippen molar-refractivity contribution in [2.45, 2.75) is 58.3 Å². The molecule has 0 aliphatic carbocycles. The molecule has 0 radical (unpaired) electrons. The van der Waals surface area contributed by atoms with Crippen molar-refractivity contribution in [1.82, 2.24) is 9.88 Å². The second-order valence-corrected chi connectivity index (χ2v) is 8.07. The molecule has 6 nitrogen and oxygen atoms in total. The lowest BCUT2D eigenvalue weighted by Crippen LogP contribution is -2.55. The number of methoxy groups -OCH3 is 1. The molecule has 28 heavy (non-hydrogen) atoms. The largest absolute Gasteiger partial charge is 0.497 e. The molecule has 3 rings (SSSR count). The molecular formula is C22H30N2O4. The maximum absolute atomic E-state index is 12.5. The number of nitrogens with one attached hydrogen (secondary N) is 1. The van der Waals surface area contributed by atoms with E-state index < -0.39 is 17.4 Å². The van der Waals surface area contributed by atoms with Gasteiger partial charge in [-0.1, -0.05) is 11.6 Å². The van der Waals surface area contributed by atoms with Crippen LogP contribution in [0.1, 0.15) is 46.1 Å². The fraction of sp³-hybridized carbons (Fsp3) is 0.500. The molecule has 1 aliphatic heterocycles. The molecule has 0 spiro atoms. The van der Waals surface area contributed by atoms with E-state index in [-0.39, 0.29) is 0 Å². The normalized spacial score (nSPS) is 24.5. The molecule has 0 bridgehead atoms. The number of nitrogens with zero attached hydrogens (tertiary/aromatic N) is 1. The number of amides is 1. The van der Waals surface area contributed by atoms with Gasteiger partial charge in [0.1, 0.15) is 5.75 Å². The highest BCUT2D eigenvalue weighted by atomic mass is 16.6. The molecule has 1 amide bonds. The number of benzene rings is 1. The summed E-state index contributed by atoms with van der Waals surface area (Å²) in [5.74, 6) is 0.785. The van der Waals surface area contributed by atoms with Crippen molar-refractivity contribution in [3.05, 3.63) is 41.6 Å². The molecule has 1 saturated heterocycles. The van der Waals surface area contributed by atoms with Gasteiger partial charge >= 0.3 is 6.09 Å². The van der Waals surface area contributed by atoms with E-state index in [4.69, 9.17) is 9.47 Å². The number of aromatic nitrogens is 1. The first kappa shape index (κ1) is 20.3. The van der Waals surface area contributed by atoms with E-state index in [0.717, 1.165) is 28.6 Å². The van der Waals surface area contributed by atoms with Gasteiger partial charge in [-0.25, -0.2) is 4.79 Å². The molecule has 0 unspecified atom stereocenters. The summed E-state index contributed by atoms with van der Waals surface area (Å²) in [5.41, 5.74) is 0.969. The summed E-state index contributed by atoms with van der Waals surface area (Å²) in [6.45, 7) is 7.90. The zero-order valence-corrected chi connectivity index (χ0v) is 17.3. The predicted octanol–water partition coefficient (Wildman–Crippen LogP) is 4.38. The molecule has 152 valence electrons. The maximum Gasteiger partial charge on any atom is 0.412 e. The number of hydrogen-bond donors (Lipinski definition) is 2. The first-order valence-electron chi connectivity index (χ1n) is 9.68. The lowest BCUT2D eigenvalue weighted by atomic mass is 9.88. The van der Waals surface area contributed by atoms with Crippen molar-refractivity contribution in [2.75, 3.05) is 13.7 Å². The summed E-state index contributed by atoms with van der Waals surface area (Å²) in [7, 11) is 1.64. The Morgan fingerprint density at radius 1 is 1.36 bits per heavy atom. The van der Waals surface area contributed by atoms with Crippen molar-refractivity contribution in [3.8, 4) is 5.75 Å². The molecule has 2 N–H and O–H groups in total. The van der Waals surface area contributed by atoms with Gasteiger partial charge in [0.05, 0.1) is 7.11 Å². The van der Waals surface area contributed by atoms with E-state index in [1.165, 1.54) is 10.5 Å². The van der Waals surface area contributed by atoms with Gasteiger partial charge in [0, 0.05) is 23.6 Å². The molecule has 1 fully saturated rings. The Hall–Kier alpha value is -2.47. The van der Waals surface area contributed by atoms with Gasteiger partial charge in [0.15, 0.2) is 11.3 Å². The number of rotatable bonds is 7. The topological polar surface area (TPSA) is 74.8 Å². The summed E-state index contributed by atoms with van der Waals surface area (Å²) in [5, 5.41) is 12.2. The zero-order chi connectivity index (χ0) is 20.5. The summed E-state index contributed by atoms with van der Waals surface area (Å²) in [4.78, 5) is 17.2. The number of allylic oxidation sites excluding steroid dienone is 2. The van der Waals surface area contributed by atoms with Crippen LogP contribution in [0.15, 0.2) is 36.0 Å². The standard InChI is InChI=1S/C22H30N2O4/c1-15(2)7-6-11-21(3)22(4,26)24(20(25)28-21)12-10-16-14-23-19-9-8-17(27-5)13-18(16)19/h7-9,13-14,23,26H,6,10-12H2,1-5H3/t21-,22-/m0/s1. The third-order valence-electron chi connectivity index (χ3n) is 5.81. The average molecular weight is 386 g/mol. The number of H-pyrrole nitrogens is 1. The Labute approximate surface area is 166 Å². The molecular weight excluding hydrogens is 356 g/mol. The van der Waals surface area contributed by atoms with Crippen LogP contribution in [-0.4, -0.2) is 46.1 Å². The summed E-state index contributed by atoms with van der Waals surface area (Å²) in [6, 6.07) is 5.85. The van der Waals surface area contributed by atoms with Gasteiger partial charge in [0.2, 0.25) is 0 Å². The highest BCUT2D eigenvalue weighted by Gasteiger charge is 2.58. The Bertz CT molecular complexity index is 895. The molecule has 1 aliphatic rings. The number of carbonyl (C=O) groups excluding carboxylic acids is 1. The predicted molar refractivity (Wildman–Crippen MR) is 109 cm³/mol. The van der Waals surface area contributed by atoms with Gasteiger partial charge in [-0.3, -0.25) is 4.90 Å². The Morgan fingerprint density at radius 2 is 2.11 bits per heavy atom. The van der Waals surface area contributed by atoms with Crippen molar-refractivity contribution in [1.29, 1.82) is 0 Å². The highest BCUT2D eigenvalue weighted by Crippen LogP contribution is 2.41. The van der Waals surface area contributed by atoms with Crippen LogP contribution < -0.4 is 4.74 Å². The Balaban J connectivity index is 1.75. The number of carbonyl (C=O) groups is 1. The Kier molecular flexibility index (Phi) is 5.44. The van der Waals surface area contributed by atoms with Crippen molar-refractivity contribution in [2.24, 2.45) is 0 Å². The smallest absolute Gasteiger partial charge is 0.412 e. The van der Waals surface area contributed by atoms with Crippen molar-refractivity contribution < 1.29 is 19.4 Å². The van der Waals surface area contributed by atoms with Crippen LogP contribution in [0.3, 0.4) is 0 Å². The molecule has 6 heteroatoms. The monoisotopic (exact) mass is 386 g/mol. The number of fused-ring (bicyclic) bond motifs is 1. The highest BCUT2D eigenvalue weighted by molar-refractivity contribution is 5.84. The molecule has 1 aromatic heterocycles. The lowest BCUT2D eigenvalue weighted by molar-refractivity contribution is -0.138. The first-order chi connectivity index (χ1) is 13.2. The number of cyclic esters (lactones) is 1. The minimum absolute atomic E-state index is 0.369. The van der Waals surface area contributed by atoms with E-state index in [1.54, 1.807) is 21.0 Å². The molecule has 1 aromatic carbocycles. The van der Waals surface area contributed by atoms with Crippen LogP contribution in [0.25, 0.3) is 10.9 Å². The molecule has 2 heterocycles. The van der Waals surface area contributed by atoms with Crippen LogP contribution in [0.4, 0.5) is 4.79 Å². The van der Waals surface area contributed by atoms with E-state index in [9.17, 15) is 9.90 Å². The average Bonchev–Trinajstić information content (AvgIpc) is 3.09. The van der Waals surface area contributed by atoms with E-state index in [1.807, 2.05) is 38.2 Å². The van der Waals surface area contributed by atoms with Crippen molar-refractivity contribution >= 4 is 17.0 Å². The van der Waals surface area contributed by atoms with Gasteiger partial charge in [-0.15, -0.1) is 0 Å². The fourth-order valence-electron chi connectivity index (χ4n) is 3.76. The van der Waals surface area contributed by atoms with Gasteiger partial charge < -0.3 is 19.6 Å². The minimum atomic E-state index is -1.37. The Morgan fingerprint density at radius 3 is 2.79 bits per heavy atom. The summed E-state index contributed by atoms with van der Waals surface area (Å²) < 4.78 is 10.9. The summed E-state index contributed by atoms with van der Waals surface area (Å²) in [6.07, 6.45) is 5.48. The minimum Gasteiger partial charge on any atom is -0.497 e. The lowest BCUT2D eigenvalue weighted by Gasteiger charge is -2.37. The van der Waals surface area contributed by atoms with Gasteiger partial charge in [0.25, 0.3) is 0 Å². The zero-order valence-electron chi connectivity index (χ0n) is 17.3. The number of aliphatic hydroxyl groups is 1. The molecule has 0 saturated carbocycles.